The van der Waals surface area contributed by atoms with Crippen LogP contribution in [0.2, 0.25) is 0 Å². The first-order valence-electron chi connectivity index (χ1n) is 12.5. The van der Waals surface area contributed by atoms with Crippen LogP contribution in [0.15, 0.2) is 95.1 Å². The number of thiophene rings is 1. The third-order valence-corrected chi connectivity index (χ3v) is 7.55. The van der Waals surface area contributed by atoms with Gasteiger partial charge in [0.2, 0.25) is 0 Å². The Labute approximate surface area is 225 Å². The second kappa shape index (κ2) is 11.0. The molecule has 7 heteroatoms. The van der Waals surface area contributed by atoms with Crippen LogP contribution in [0.3, 0.4) is 0 Å². The highest BCUT2D eigenvalue weighted by molar-refractivity contribution is 7.12. The van der Waals surface area contributed by atoms with Crippen LogP contribution < -0.4 is 10.3 Å². The fraction of sp³-hybridized carbons (Fsp3) is 0.194. The molecule has 5 aromatic rings. The Morgan fingerprint density at radius 3 is 2.53 bits per heavy atom. The number of aromatic nitrogens is 2. The molecule has 1 amide bonds. The predicted molar refractivity (Wildman–Crippen MR) is 153 cm³/mol. The summed E-state index contributed by atoms with van der Waals surface area (Å²) in [5, 5.41) is 2.40. The smallest absolute Gasteiger partial charge is 0.266 e. The lowest BCUT2D eigenvalue weighted by molar-refractivity contribution is 0.0688. The number of rotatable bonds is 8. The number of para-hydroxylation sites is 1. The van der Waals surface area contributed by atoms with Crippen LogP contribution in [0.25, 0.3) is 16.6 Å². The van der Waals surface area contributed by atoms with Crippen LogP contribution in [-0.2, 0) is 6.42 Å². The topological polar surface area (TPSA) is 64.4 Å². The highest BCUT2D eigenvalue weighted by Gasteiger charge is 2.29. The first kappa shape index (κ1) is 25.4. The summed E-state index contributed by atoms with van der Waals surface area (Å²) in [6.07, 6.45) is 0.674. The zero-order valence-corrected chi connectivity index (χ0v) is 22.4. The van der Waals surface area contributed by atoms with Gasteiger partial charge >= 0.3 is 0 Å². The summed E-state index contributed by atoms with van der Waals surface area (Å²) in [4.78, 5) is 35.2. The van der Waals surface area contributed by atoms with Crippen molar-refractivity contribution in [1.29, 1.82) is 0 Å². The van der Waals surface area contributed by atoms with Gasteiger partial charge in [-0.15, -0.1) is 11.3 Å². The van der Waals surface area contributed by atoms with E-state index in [9.17, 15) is 9.59 Å². The van der Waals surface area contributed by atoms with Gasteiger partial charge in [0, 0.05) is 6.54 Å². The number of fused-ring (bicyclic) bond motifs is 1. The van der Waals surface area contributed by atoms with Crippen molar-refractivity contribution in [2.75, 3.05) is 13.7 Å². The van der Waals surface area contributed by atoms with Crippen LogP contribution in [0.4, 0.5) is 0 Å². The van der Waals surface area contributed by atoms with E-state index >= 15 is 0 Å². The van der Waals surface area contributed by atoms with Crippen molar-refractivity contribution in [1.82, 2.24) is 14.5 Å². The van der Waals surface area contributed by atoms with Gasteiger partial charge in [-0.2, -0.15) is 0 Å². The molecule has 1 atom stereocenters. The Hall–Kier alpha value is -4.23. The van der Waals surface area contributed by atoms with E-state index in [0.29, 0.717) is 46.0 Å². The number of carbonyl (C=O) groups excluding carboxylic acids is 1. The predicted octanol–water partition coefficient (Wildman–Crippen LogP) is 6.21. The number of hydrogen-bond acceptors (Lipinski definition) is 5. The van der Waals surface area contributed by atoms with Crippen molar-refractivity contribution in [3.8, 4) is 11.4 Å². The van der Waals surface area contributed by atoms with Gasteiger partial charge < -0.3 is 9.64 Å². The lowest BCUT2D eigenvalue weighted by atomic mass is 10.1. The fourth-order valence-electron chi connectivity index (χ4n) is 4.68. The Balaban J connectivity index is 1.69. The van der Waals surface area contributed by atoms with Crippen LogP contribution in [0.1, 0.15) is 39.6 Å². The molecule has 1 unspecified atom stereocenters. The highest BCUT2D eigenvalue weighted by atomic mass is 32.1. The van der Waals surface area contributed by atoms with Gasteiger partial charge in [0.15, 0.2) is 0 Å². The van der Waals surface area contributed by atoms with E-state index in [4.69, 9.17) is 9.72 Å². The van der Waals surface area contributed by atoms with Gasteiger partial charge in [0.25, 0.3) is 11.5 Å². The minimum atomic E-state index is -0.504. The third kappa shape index (κ3) is 4.97. The minimum Gasteiger partial charge on any atom is -0.495 e. The first-order valence-corrected chi connectivity index (χ1v) is 13.4. The summed E-state index contributed by atoms with van der Waals surface area (Å²) in [5.74, 6) is 0.952. The van der Waals surface area contributed by atoms with Gasteiger partial charge in [-0.1, -0.05) is 54.6 Å². The molecule has 0 saturated carbocycles. The Morgan fingerprint density at radius 2 is 1.79 bits per heavy atom. The summed E-state index contributed by atoms with van der Waals surface area (Å²) < 4.78 is 7.27. The van der Waals surface area contributed by atoms with Crippen molar-refractivity contribution < 1.29 is 9.53 Å². The molecule has 0 saturated heterocycles. The average molecular weight is 524 g/mol. The van der Waals surface area contributed by atoms with E-state index in [1.165, 1.54) is 11.3 Å². The van der Waals surface area contributed by atoms with Crippen LogP contribution in [0, 0.1) is 6.92 Å². The average Bonchev–Trinajstić information content (AvgIpc) is 3.49. The molecule has 0 N–H and O–H groups in total. The number of nitrogens with zero attached hydrogens (tertiary/aromatic N) is 3. The molecule has 0 radical (unpaired) electrons. The van der Waals surface area contributed by atoms with Gasteiger partial charge in [-0.3, -0.25) is 14.2 Å². The monoisotopic (exact) mass is 523 g/mol. The molecule has 2 heterocycles. The zero-order chi connectivity index (χ0) is 26.6. The van der Waals surface area contributed by atoms with E-state index in [2.05, 4.69) is 12.1 Å². The number of methoxy groups -OCH3 is 1. The second-order valence-corrected chi connectivity index (χ2v) is 10.1. The Morgan fingerprint density at radius 1 is 1.03 bits per heavy atom. The molecule has 2 aromatic heterocycles. The summed E-state index contributed by atoms with van der Waals surface area (Å²) in [6.45, 7) is 4.37. The first-order chi connectivity index (χ1) is 18.5. The van der Waals surface area contributed by atoms with E-state index in [1.54, 1.807) is 17.7 Å². The Kier molecular flexibility index (Phi) is 7.38. The molecular formula is C31H29N3O3S. The summed E-state index contributed by atoms with van der Waals surface area (Å²) >= 11 is 1.41. The summed E-state index contributed by atoms with van der Waals surface area (Å²) in [5.41, 5.74) is 3.11. The lowest BCUT2D eigenvalue weighted by Gasteiger charge is -2.30. The molecule has 0 aliphatic heterocycles. The maximum Gasteiger partial charge on any atom is 0.266 e. The fourth-order valence-corrected chi connectivity index (χ4v) is 5.36. The third-order valence-electron chi connectivity index (χ3n) is 6.70. The maximum absolute atomic E-state index is 14.0. The van der Waals surface area contributed by atoms with Crippen molar-refractivity contribution >= 4 is 28.1 Å². The molecule has 192 valence electrons. The molecular weight excluding hydrogens is 494 g/mol. The Bertz CT molecular complexity index is 1630. The van der Waals surface area contributed by atoms with E-state index in [-0.39, 0.29) is 11.5 Å². The van der Waals surface area contributed by atoms with Gasteiger partial charge in [-0.25, -0.2) is 4.98 Å². The van der Waals surface area contributed by atoms with Crippen molar-refractivity contribution in [3.63, 3.8) is 0 Å². The SMILES string of the molecule is COc1ccc(C)cc1-n1c(C(C)N(CCc2ccccc2)C(=O)c2cccs2)nc2ccccc2c1=O. The highest BCUT2D eigenvalue weighted by Crippen LogP contribution is 2.30. The van der Waals surface area contributed by atoms with Crippen LogP contribution in [-0.4, -0.2) is 34.0 Å². The van der Waals surface area contributed by atoms with Crippen LogP contribution >= 0.6 is 11.3 Å². The van der Waals surface area contributed by atoms with E-state index < -0.39 is 6.04 Å². The number of carbonyl (C=O) groups is 1. The number of aryl methyl sites for hydroxylation is 1. The van der Waals surface area contributed by atoms with Gasteiger partial charge in [0.1, 0.15) is 11.6 Å². The van der Waals surface area contributed by atoms with Gasteiger partial charge in [0.05, 0.1) is 34.6 Å². The number of hydrogen-bond donors (Lipinski definition) is 0. The quantitative estimate of drug-likeness (QED) is 0.243. The summed E-state index contributed by atoms with van der Waals surface area (Å²) in [6, 6.07) is 26.3. The normalized spacial score (nSPS) is 11.9. The maximum atomic E-state index is 14.0. The summed E-state index contributed by atoms with van der Waals surface area (Å²) in [7, 11) is 1.59. The molecule has 0 fully saturated rings. The van der Waals surface area contributed by atoms with Crippen molar-refractivity contribution in [2.24, 2.45) is 0 Å². The largest absolute Gasteiger partial charge is 0.495 e. The molecule has 0 bridgehead atoms. The number of amides is 1. The standard InChI is InChI=1S/C31H29N3O3S/c1-21-15-16-27(37-3)26(20-21)34-29(32-25-13-8-7-12-24(25)30(34)35)22(2)33(31(36)28-14-9-19-38-28)18-17-23-10-5-4-6-11-23/h4-16,19-20,22H,17-18H2,1-3H3. The van der Waals surface area contributed by atoms with E-state index in [0.717, 1.165) is 11.1 Å². The van der Waals surface area contributed by atoms with E-state index in [1.807, 2.05) is 90.9 Å². The molecule has 38 heavy (non-hydrogen) atoms. The molecule has 0 spiro atoms. The molecule has 3 aromatic carbocycles. The lowest BCUT2D eigenvalue weighted by Crippen LogP contribution is -2.38. The molecule has 6 nitrogen and oxygen atoms in total. The number of ether oxygens (including phenoxy) is 1. The van der Waals surface area contributed by atoms with Crippen molar-refractivity contribution in [2.45, 2.75) is 26.3 Å². The molecule has 0 aliphatic carbocycles. The minimum absolute atomic E-state index is 0.0893. The second-order valence-electron chi connectivity index (χ2n) is 9.19. The van der Waals surface area contributed by atoms with Gasteiger partial charge in [-0.05, 0) is 67.1 Å². The molecule has 0 aliphatic rings. The zero-order valence-electron chi connectivity index (χ0n) is 21.6. The van der Waals surface area contributed by atoms with Crippen LogP contribution in [0.5, 0.6) is 5.75 Å². The van der Waals surface area contributed by atoms with Crippen molar-refractivity contribution in [3.05, 3.63) is 122 Å². The number of benzene rings is 3. The molecule has 5 rings (SSSR count).